The van der Waals surface area contributed by atoms with Gasteiger partial charge >= 0.3 is 0 Å². The Morgan fingerprint density at radius 1 is 1.22 bits per heavy atom. The predicted molar refractivity (Wildman–Crippen MR) is 75.4 cm³/mol. The predicted octanol–water partition coefficient (Wildman–Crippen LogP) is 2.84. The maximum Gasteiger partial charge on any atom is 0.0239 e. The van der Waals surface area contributed by atoms with Gasteiger partial charge in [-0.1, -0.05) is 36.2 Å². The first kappa shape index (κ1) is 12.2. The first-order valence-corrected chi connectivity index (χ1v) is 7.29. The number of hydrogen-bond donors (Lipinski definition) is 1. The molecule has 0 radical (unpaired) electrons. The van der Waals surface area contributed by atoms with Gasteiger partial charge in [0.15, 0.2) is 0 Å². The monoisotopic (exact) mass is 244 g/mol. The summed E-state index contributed by atoms with van der Waals surface area (Å²) in [7, 11) is 0. The zero-order valence-corrected chi connectivity index (χ0v) is 11.3. The maximum atomic E-state index is 6.18. The number of aryl methyl sites for hydroxylation is 1. The zero-order valence-electron chi connectivity index (χ0n) is 11.3. The van der Waals surface area contributed by atoms with Gasteiger partial charge in [0.2, 0.25) is 0 Å². The van der Waals surface area contributed by atoms with Crippen molar-refractivity contribution in [3.8, 4) is 0 Å². The van der Waals surface area contributed by atoms with Crippen LogP contribution in [0.4, 0.5) is 0 Å². The van der Waals surface area contributed by atoms with Gasteiger partial charge < -0.3 is 5.73 Å². The van der Waals surface area contributed by atoms with E-state index in [-0.39, 0.29) is 0 Å². The van der Waals surface area contributed by atoms with E-state index in [1.54, 1.807) is 0 Å². The van der Waals surface area contributed by atoms with Crippen molar-refractivity contribution < 1.29 is 0 Å². The van der Waals surface area contributed by atoms with Crippen molar-refractivity contribution in [2.24, 2.45) is 5.73 Å². The molecule has 2 aliphatic heterocycles. The van der Waals surface area contributed by atoms with Crippen LogP contribution >= 0.6 is 0 Å². The van der Waals surface area contributed by atoms with Crippen LogP contribution in [0.2, 0.25) is 0 Å². The molecule has 2 N–H and O–H groups in total. The molecular weight excluding hydrogens is 220 g/mol. The van der Waals surface area contributed by atoms with E-state index in [1.807, 2.05) is 0 Å². The molecule has 2 fully saturated rings. The van der Waals surface area contributed by atoms with Gasteiger partial charge in [0, 0.05) is 24.7 Å². The van der Waals surface area contributed by atoms with Crippen molar-refractivity contribution in [2.45, 2.75) is 63.7 Å². The summed E-state index contributed by atoms with van der Waals surface area (Å²) in [5.74, 6) is 0. The van der Waals surface area contributed by atoms with E-state index in [0.717, 1.165) is 18.6 Å². The number of piperidine rings is 2. The van der Waals surface area contributed by atoms with Gasteiger partial charge in [-0.25, -0.2) is 0 Å². The smallest absolute Gasteiger partial charge is 0.0239 e. The molecule has 3 rings (SSSR count). The van der Waals surface area contributed by atoms with Crippen molar-refractivity contribution in [3.63, 3.8) is 0 Å². The van der Waals surface area contributed by atoms with E-state index >= 15 is 0 Å². The molecule has 1 aromatic carbocycles. The number of nitrogens with zero attached hydrogens (tertiary/aromatic N) is 1. The summed E-state index contributed by atoms with van der Waals surface area (Å²) in [6.45, 7) is 3.29. The number of rotatable bonds is 2. The summed E-state index contributed by atoms with van der Waals surface area (Å²) in [6, 6.07) is 10.8. The molecule has 2 bridgehead atoms. The average Bonchev–Trinajstić information content (AvgIpc) is 2.30. The second kappa shape index (κ2) is 5.02. The van der Waals surface area contributed by atoms with Crippen LogP contribution in [0, 0.1) is 6.92 Å². The van der Waals surface area contributed by atoms with Crippen LogP contribution in [-0.2, 0) is 6.54 Å². The van der Waals surface area contributed by atoms with Crippen LogP contribution in [0.1, 0.15) is 43.2 Å². The summed E-state index contributed by atoms with van der Waals surface area (Å²) in [5, 5.41) is 0. The maximum absolute atomic E-state index is 6.18. The number of benzene rings is 1. The molecule has 98 valence electrons. The minimum atomic E-state index is 0.439. The molecule has 0 spiro atoms. The summed E-state index contributed by atoms with van der Waals surface area (Å²) in [5.41, 5.74) is 9.01. The quantitative estimate of drug-likeness (QED) is 0.867. The minimum Gasteiger partial charge on any atom is -0.328 e. The van der Waals surface area contributed by atoms with Crippen LogP contribution < -0.4 is 5.73 Å². The standard InChI is InChI=1S/C16H24N2/c1-12-4-2-5-13(8-12)11-18-15-6-3-7-16(18)10-14(17)9-15/h2,4-5,8,14-16H,3,6-7,9-11,17H2,1H3. The Morgan fingerprint density at radius 3 is 2.61 bits per heavy atom. The molecule has 2 aliphatic rings. The van der Waals surface area contributed by atoms with E-state index in [9.17, 15) is 0 Å². The van der Waals surface area contributed by atoms with E-state index < -0.39 is 0 Å². The summed E-state index contributed by atoms with van der Waals surface area (Å²) < 4.78 is 0. The lowest BCUT2D eigenvalue weighted by molar-refractivity contribution is 0.0245. The van der Waals surface area contributed by atoms with E-state index in [4.69, 9.17) is 5.73 Å². The third-order valence-electron chi connectivity index (χ3n) is 4.61. The first-order valence-electron chi connectivity index (χ1n) is 7.29. The Hall–Kier alpha value is -0.860. The number of nitrogens with two attached hydrogens (primary N) is 1. The van der Waals surface area contributed by atoms with Crippen LogP contribution in [0.3, 0.4) is 0 Å². The third kappa shape index (κ3) is 2.45. The third-order valence-corrected chi connectivity index (χ3v) is 4.61. The highest BCUT2D eigenvalue weighted by Gasteiger charge is 2.36. The molecule has 0 aromatic heterocycles. The fraction of sp³-hybridized carbons (Fsp3) is 0.625. The highest BCUT2D eigenvalue weighted by molar-refractivity contribution is 5.22. The van der Waals surface area contributed by atoms with Crippen molar-refractivity contribution >= 4 is 0 Å². The molecule has 2 saturated heterocycles. The molecule has 18 heavy (non-hydrogen) atoms. The van der Waals surface area contributed by atoms with Crippen molar-refractivity contribution in [3.05, 3.63) is 35.4 Å². The average molecular weight is 244 g/mol. The largest absolute Gasteiger partial charge is 0.328 e. The molecular formula is C16H24N2. The Labute approximate surface area is 110 Å². The van der Waals surface area contributed by atoms with Crippen molar-refractivity contribution in [2.75, 3.05) is 0 Å². The van der Waals surface area contributed by atoms with Gasteiger partial charge in [-0.3, -0.25) is 4.90 Å². The Morgan fingerprint density at radius 2 is 1.94 bits per heavy atom. The molecule has 0 aliphatic carbocycles. The Kier molecular flexibility index (Phi) is 3.40. The normalized spacial score (nSPS) is 32.4. The van der Waals surface area contributed by atoms with Gasteiger partial charge in [-0.15, -0.1) is 0 Å². The van der Waals surface area contributed by atoms with Crippen LogP contribution in [-0.4, -0.2) is 23.0 Å². The lowest BCUT2D eigenvalue weighted by Gasteiger charge is -2.48. The fourth-order valence-electron chi connectivity index (χ4n) is 3.80. The van der Waals surface area contributed by atoms with E-state index in [1.165, 1.54) is 43.2 Å². The highest BCUT2D eigenvalue weighted by Crippen LogP contribution is 2.34. The Balaban J connectivity index is 1.75. The van der Waals surface area contributed by atoms with Gasteiger partial charge in [-0.2, -0.15) is 0 Å². The Bertz CT molecular complexity index is 401. The zero-order chi connectivity index (χ0) is 12.5. The van der Waals surface area contributed by atoms with Gasteiger partial charge in [0.05, 0.1) is 0 Å². The lowest BCUT2D eigenvalue weighted by Crippen LogP contribution is -2.54. The van der Waals surface area contributed by atoms with Gasteiger partial charge in [0.1, 0.15) is 0 Å². The second-order valence-corrected chi connectivity index (χ2v) is 6.13. The molecule has 1 aromatic rings. The highest BCUT2D eigenvalue weighted by atomic mass is 15.2. The summed E-state index contributed by atoms with van der Waals surface area (Å²) in [6.07, 6.45) is 6.48. The van der Waals surface area contributed by atoms with E-state index in [0.29, 0.717) is 6.04 Å². The topological polar surface area (TPSA) is 29.3 Å². The molecule has 0 amide bonds. The van der Waals surface area contributed by atoms with Gasteiger partial charge in [0.25, 0.3) is 0 Å². The second-order valence-electron chi connectivity index (χ2n) is 6.13. The molecule has 2 heteroatoms. The van der Waals surface area contributed by atoms with Crippen molar-refractivity contribution in [1.82, 2.24) is 4.90 Å². The van der Waals surface area contributed by atoms with E-state index in [2.05, 4.69) is 36.1 Å². The number of hydrogen-bond acceptors (Lipinski definition) is 2. The number of fused-ring (bicyclic) bond motifs is 2. The van der Waals surface area contributed by atoms with Gasteiger partial charge in [-0.05, 0) is 38.2 Å². The minimum absolute atomic E-state index is 0.439. The summed E-state index contributed by atoms with van der Waals surface area (Å²) >= 11 is 0. The molecule has 2 unspecified atom stereocenters. The van der Waals surface area contributed by atoms with Crippen LogP contribution in [0.25, 0.3) is 0 Å². The lowest BCUT2D eigenvalue weighted by atomic mass is 9.82. The first-order chi connectivity index (χ1) is 8.72. The SMILES string of the molecule is Cc1cccc(CN2C3CCCC2CC(N)C3)c1. The van der Waals surface area contributed by atoms with Crippen molar-refractivity contribution in [1.29, 1.82) is 0 Å². The molecule has 0 saturated carbocycles. The van der Waals surface area contributed by atoms with Crippen LogP contribution in [0.5, 0.6) is 0 Å². The fourth-order valence-corrected chi connectivity index (χ4v) is 3.80. The molecule has 2 nitrogen and oxygen atoms in total. The van der Waals surface area contributed by atoms with Crippen LogP contribution in [0.15, 0.2) is 24.3 Å². The molecule has 2 heterocycles. The summed E-state index contributed by atoms with van der Waals surface area (Å²) in [4.78, 5) is 2.72. The molecule has 2 atom stereocenters.